The number of pyridine rings is 2. The number of nitrogens with zero attached hydrogens (tertiary/aromatic N) is 4. The van der Waals surface area contributed by atoms with Crippen LogP contribution in [-0.4, -0.2) is 47.9 Å². The van der Waals surface area contributed by atoms with Crippen molar-refractivity contribution >= 4 is 33.8 Å². The van der Waals surface area contributed by atoms with Gasteiger partial charge in [-0.25, -0.2) is 9.78 Å². The van der Waals surface area contributed by atoms with Crippen molar-refractivity contribution in [3.63, 3.8) is 0 Å². The molecular weight excluding hydrogens is 493 g/mol. The van der Waals surface area contributed by atoms with Gasteiger partial charge in [-0.3, -0.25) is 14.9 Å². The Kier molecular flexibility index (Phi) is 6.78. The minimum atomic E-state index is -5.08. The molecule has 0 radical (unpaired) electrons. The Morgan fingerprint density at radius 1 is 1.16 bits per heavy atom. The number of rotatable bonds is 5. The van der Waals surface area contributed by atoms with E-state index in [4.69, 9.17) is 20.4 Å². The van der Waals surface area contributed by atoms with E-state index < -0.39 is 18.1 Å². The third kappa shape index (κ3) is 5.34. The number of aryl methyl sites for hydroxylation is 1. The minimum absolute atomic E-state index is 0.172. The summed E-state index contributed by atoms with van der Waals surface area (Å²) in [5, 5.41) is 15.8. The van der Waals surface area contributed by atoms with Crippen LogP contribution in [0.2, 0.25) is 0 Å². The van der Waals surface area contributed by atoms with E-state index >= 15 is 0 Å². The molecule has 0 unspecified atom stereocenters. The minimum Gasteiger partial charge on any atom is -0.487 e. The quantitative estimate of drug-likeness (QED) is 0.324. The lowest BCUT2D eigenvalue weighted by Gasteiger charge is -2.10. The molecule has 1 amide bonds. The number of carbonyl (C=O) groups excluding carboxylic acids is 1. The topological polar surface area (TPSA) is 149 Å². The summed E-state index contributed by atoms with van der Waals surface area (Å²) >= 11 is 0. The first-order valence-corrected chi connectivity index (χ1v) is 10.6. The van der Waals surface area contributed by atoms with Crippen LogP contribution in [0.3, 0.4) is 0 Å². The maximum absolute atomic E-state index is 11.8. The van der Waals surface area contributed by atoms with Crippen LogP contribution in [0, 0.1) is 0 Å². The molecule has 4 N–H and O–H groups in total. The fourth-order valence-electron chi connectivity index (χ4n) is 3.65. The van der Waals surface area contributed by atoms with Gasteiger partial charge in [0.15, 0.2) is 5.65 Å². The highest BCUT2D eigenvalue weighted by Gasteiger charge is 2.38. The van der Waals surface area contributed by atoms with E-state index in [1.165, 1.54) is 0 Å². The zero-order valence-electron chi connectivity index (χ0n) is 19.2. The van der Waals surface area contributed by atoms with Crippen molar-refractivity contribution in [3.8, 4) is 16.9 Å². The molecule has 13 heteroatoms. The Bertz CT molecular complexity index is 1600. The number of ether oxygens (including phenoxy) is 1. The number of primary amides is 1. The number of halogens is 3. The Hall–Kier alpha value is -4.94. The number of hydrogen-bond donors (Lipinski definition) is 3. The molecule has 4 heterocycles. The Balaban J connectivity index is 0.000000405. The number of amides is 1. The first kappa shape index (κ1) is 25.2. The van der Waals surface area contributed by atoms with E-state index in [9.17, 15) is 18.0 Å². The number of H-pyrrole nitrogens is 1. The molecule has 10 nitrogen and oxygen atoms in total. The monoisotopic (exact) mass is 512 g/mol. The van der Waals surface area contributed by atoms with Crippen LogP contribution in [0.4, 0.5) is 13.2 Å². The van der Waals surface area contributed by atoms with Gasteiger partial charge in [-0.2, -0.15) is 18.3 Å². The van der Waals surface area contributed by atoms with Gasteiger partial charge in [0.25, 0.3) is 5.91 Å². The van der Waals surface area contributed by atoms with Gasteiger partial charge in [0.1, 0.15) is 18.1 Å². The molecule has 0 bridgehead atoms. The molecule has 5 aromatic rings. The number of alkyl halides is 3. The number of aliphatic carboxylic acids is 1. The summed E-state index contributed by atoms with van der Waals surface area (Å²) in [6, 6.07) is 13.3. The van der Waals surface area contributed by atoms with Crippen LogP contribution in [-0.2, 0) is 18.4 Å². The molecule has 0 aliphatic rings. The standard InChI is InChI=1S/C22H18N6O2.C2HF3O2/c1-28-11-16(14-9-17(21(23)29)26-22-15(14)10-25-27-22)20-18(28)6-4-7-19(20)30-12-13-5-2-3-8-24-13;3-2(4,5)1(6)7/h2-11H,12H2,1H3,(H2,23,29)(H,25,26,27);(H,6,7). The Labute approximate surface area is 206 Å². The van der Waals surface area contributed by atoms with Gasteiger partial charge in [0, 0.05) is 35.8 Å². The number of carbonyl (C=O) groups is 2. The van der Waals surface area contributed by atoms with Gasteiger partial charge < -0.3 is 20.1 Å². The number of fused-ring (bicyclic) bond motifs is 2. The number of nitrogens with one attached hydrogen (secondary N) is 1. The zero-order chi connectivity index (χ0) is 26.7. The summed E-state index contributed by atoms with van der Waals surface area (Å²) in [4.78, 5) is 29.3. The van der Waals surface area contributed by atoms with Crippen molar-refractivity contribution in [2.24, 2.45) is 12.8 Å². The van der Waals surface area contributed by atoms with E-state index in [2.05, 4.69) is 20.2 Å². The predicted octanol–water partition coefficient (Wildman–Crippen LogP) is 3.82. The van der Waals surface area contributed by atoms with E-state index in [1.54, 1.807) is 18.5 Å². The zero-order valence-corrected chi connectivity index (χ0v) is 19.2. The molecule has 5 rings (SSSR count). The molecule has 0 spiro atoms. The molecule has 0 aliphatic heterocycles. The van der Waals surface area contributed by atoms with Crippen LogP contribution in [0.15, 0.2) is 61.1 Å². The number of aromatic nitrogens is 5. The van der Waals surface area contributed by atoms with Gasteiger partial charge >= 0.3 is 12.1 Å². The molecule has 0 fully saturated rings. The summed E-state index contributed by atoms with van der Waals surface area (Å²) < 4.78 is 39.9. The molecule has 0 aliphatic carbocycles. The third-order valence-electron chi connectivity index (χ3n) is 5.29. The first-order valence-electron chi connectivity index (χ1n) is 10.6. The lowest BCUT2D eigenvalue weighted by atomic mass is 10.0. The number of benzene rings is 1. The first-order chi connectivity index (χ1) is 17.6. The van der Waals surface area contributed by atoms with Crippen molar-refractivity contribution in [2.45, 2.75) is 12.8 Å². The number of nitrogens with two attached hydrogens (primary N) is 1. The lowest BCUT2D eigenvalue weighted by Crippen LogP contribution is -2.21. The van der Waals surface area contributed by atoms with Crippen molar-refractivity contribution < 1.29 is 32.6 Å². The maximum Gasteiger partial charge on any atom is 0.490 e. The number of hydrogen-bond acceptors (Lipinski definition) is 6. The Morgan fingerprint density at radius 3 is 2.57 bits per heavy atom. The second kappa shape index (κ2) is 9.97. The summed E-state index contributed by atoms with van der Waals surface area (Å²) in [6.45, 7) is 0.346. The highest BCUT2D eigenvalue weighted by Crippen LogP contribution is 2.39. The van der Waals surface area contributed by atoms with Crippen LogP contribution < -0.4 is 10.5 Å². The van der Waals surface area contributed by atoms with Crippen LogP contribution in [0.25, 0.3) is 33.1 Å². The van der Waals surface area contributed by atoms with Gasteiger partial charge in [0.2, 0.25) is 0 Å². The van der Waals surface area contributed by atoms with Crippen LogP contribution in [0.1, 0.15) is 16.2 Å². The highest BCUT2D eigenvalue weighted by molar-refractivity contribution is 6.08. The summed E-state index contributed by atoms with van der Waals surface area (Å²) in [5.74, 6) is -2.63. The second-order valence-corrected chi connectivity index (χ2v) is 7.77. The molecule has 0 saturated heterocycles. The molecule has 0 atom stereocenters. The van der Waals surface area contributed by atoms with E-state index in [0.29, 0.717) is 12.3 Å². The van der Waals surface area contributed by atoms with Crippen molar-refractivity contribution in [1.29, 1.82) is 0 Å². The van der Waals surface area contributed by atoms with Gasteiger partial charge in [0.05, 0.1) is 17.4 Å². The largest absolute Gasteiger partial charge is 0.490 e. The molecule has 0 saturated carbocycles. The number of carboxylic acids is 1. The van der Waals surface area contributed by atoms with Crippen LogP contribution in [0.5, 0.6) is 5.75 Å². The predicted molar refractivity (Wildman–Crippen MR) is 127 cm³/mol. The molecule has 37 heavy (non-hydrogen) atoms. The molecule has 4 aromatic heterocycles. The highest BCUT2D eigenvalue weighted by atomic mass is 19.4. The van der Waals surface area contributed by atoms with Gasteiger partial charge in [-0.05, 0) is 35.9 Å². The maximum atomic E-state index is 11.8. The molecule has 190 valence electrons. The summed E-state index contributed by atoms with van der Waals surface area (Å²) in [5.41, 5.74) is 9.73. The van der Waals surface area contributed by atoms with Crippen LogP contribution >= 0.6 is 0 Å². The lowest BCUT2D eigenvalue weighted by molar-refractivity contribution is -0.192. The number of carboxylic acid groups (broad SMARTS) is 1. The smallest absolute Gasteiger partial charge is 0.487 e. The van der Waals surface area contributed by atoms with Gasteiger partial charge in [-0.1, -0.05) is 12.1 Å². The van der Waals surface area contributed by atoms with Crippen molar-refractivity contribution in [3.05, 3.63) is 72.4 Å². The SMILES string of the molecule is Cn1cc(-c2cc(C(N)=O)nc3[nH]ncc23)c2c(OCc3ccccn3)cccc21.O=C(O)C(F)(F)F. The molecular formula is C24H19F3N6O4. The van der Waals surface area contributed by atoms with E-state index in [-0.39, 0.29) is 5.69 Å². The third-order valence-corrected chi connectivity index (χ3v) is 5.29. The van der Waals surface area contributed by atoms with E-state index in [0.717, 1.165) is 38.9 Å². The van der Waals surface area contributed by atoms with Crippen molar-refractivity contribution in [1.82, 2.24) is 24.7 Å². The summed E-state index contributed by atoms with van der Waals surface area (Å²) in [6.07, 6.45) is 0.356. The average Bonchev–Trinajstić information content (AvgIpc) is 3.47. The van der Waals surface area contributed by atoms with Gasteiger partial charge in [-0.15, -0.1) is 0 Å². The molecule has 1 aromatic carbocycles. The van der Waals surface area contributed by atoms with E-state index in [1.807, 2.05) is 54.2 Å². The summed E-state index contributed by atoms with van der Waals surface area (Å²) in [7, 11) is 1.97. The second-order valence-electron chi connectivity index (χ2n) is 7.77. The van der Waals surface area contributed by atoms with Crippen molar-refractivity contribution in [2.75, 3.05) is 0 Å². The fraction of sp³-hybridized carbons (Fsp3) is 0.125. The fourth-order valence-corrected chi connectivity index (χ4v) is 3.65. The Morgan fingerprint density at radius 2 is 1.92 bits per heavy atom. The average molecular weight is 512 g/mol. The number of aromatic amines is 1. The normalized spacial score (nSPS) is 11.2.